The number of ether oxygens (including phenoxy) is 4. The maximum atomic E-state index is 13.4. The van der Waals surface area contributed by atoms with Crippen molar-refractivity contribution in [3.05, 3.63) is 59.7 Å². The summed E-state index contributed by atoms with van der Waals surface area (Å²) in [5.74, 6) is -2.25. The summed E-state index contributed by atoms with van der Waals surface area (Å²) in [7, 11) is 0. The third kappa shape index (κ3) is 4.52. The second-order valence-electron chi connectivity index (χ2n) is 7.44. The van der Waals surface area contributed by atoms with Gasteiger partial charge in [0, 0.05) is 11.1 Å². The molecule has 0 radical (unpaired) electrons. The fraction of sp³-hybridized carbons (Fsp3) is 0.160. The molecule has 12 heteroatoms. The molecule has 3 aliphatic rings. The Hall–Kier alpha value is -4.97. The second kappa shape index (κ2) is 10.3. The molecule has 0 bridgehead atoms. The zero-order chi connectivity index (χ0) is 26.7. The van der Waals surface area contributed by atoms with Gasteiger partial charge in [-0.3, -0.25) is 19.6 Å². The highest BCUT2D eigenvalue weighted by molar-refractivity contribution is 6.36. The number of carbonyl (C=O) groups excluding carboxylic acids is 5. The van der Waals surface area contributed by atoms with Gasteiger partial charge in [0.15, 0.2) is 11.5 Å². The molecule has 3 amide bonds. The molecule has 1 aromatic carbocycles. The Bertz CT molecular complexity index is 1350. The predicted molar refractivity (Wildman–Crippen MR) is 126 cm³/mol. The summed E-state index contributed by atoms with van der Waals surface area (Å²) in [6, 6.07) is 11.4. The quantitative estimate of drug-likeness (QED) is 0.163. The van der Waals surface area contributed by atoms with E-state index in [0.29, 0.717) is 4.90 Å². The Morgan fingerprint density at radius 1 is 0.838 bits per heavy atom. The van der Waals surface area contributed by atoms with Crippen LogP contribution in [0.2, 0.25) is 0 Å². The molecule has 0 saturated heterocycles. The average Bonchev–Trinajstić information content (AvgIpc) is 3.16. The van der Waals surface area contributed by atoms with Gasteiger partial charge in [0.25, 0.3) is 11.8 Å². The van der Waals surface area contributed by atoms with Gasteiger partial charge in [0.1, 0.15) is 5.69 Å². The predicted octanol–water partition coefficient (Wildman–Crippen LogP) is 4.01. The first-order chi connectivity index (χ1) is 17.8. The van der Waals surface area contributed by atoms with E-state index in [-0.39, 0.29) is 69.8 Å². The number of hydrogen-bond acceptors (Lipinski definition) is 10. The Morgan fingerprint density at radius 3 is 1.86 bits per heavy atom. The van der Waals surface area contributed by atoms with Gasteiger partial charge in [-0.1, -0.05) is 24.3 Å². The van der Waals surface area contributed by atoms with Crippen molar-refractivity contribution in [3.63, 3.8) is 0 Å². The van der Waals surface area contributed by atoms with Gasteiger partial charge in [-0.2, -0.15) is 5.06 Å². The number of hydrogen-bond donors (Lipinski definition) is 1. The summed E-state index contributed by atoms with van der Waals surface area (Å²) in [4.78, 5) is 63.4. The highest BCUT2D eigenvalue weighted by atomic mass is 16.7. The Labute approximate surface area is 209 Å². The minimum Gasteiger partial charge on any atom is -0.434 e. The van der Waals surface area contributed by atoms with E-state index < -0.39 is 24.1 Å². The number of carbonyl (C=O) groups is 5. The standard InChI is InChI=1S/C25H20N2O10/c1-3-34-24(31)36-20-15-11-7-8-14(26(33)13-28)12-18(15)21(37-25(32)35-4-2)19(20)27-22(29)16-9-5-6-10-17(16)23(27)30/h5-13,33H,3-4H2,1-2H3. The molecule has 12 nitrogen and oxygen atoms in total. The molecule has 190 valence electrons. The average molecular weight is 508 g/mol. The molecule has 1 N–H and O–H groups in total. The van der Waals surface area contributed by atoms with Crippen molar-refractivity contribution < 1.29 is 48.1 Å². The summed E-state index contributed by atoms with van der Waals surface area (Å²) in [6.07, 6.45) is -2.21. The van der Waals surface area contributed by atoms with E-state index in [0.717, 1.165) is 0 Å². The minimum atomic E-state index is -1.18. The molecule has 4 rings (SSSR count). The lowest BCUT2D eigenvalue weighted by molar-refractivity contribution is -0.111. The van der Waals surface area contributed by atoms with Crippen molar-refractivity contribution >= 4 is 41.9 Å². The van der Waals surface area contributed by atoms with Crippen LogP contribution in [0.3, 0.4) is 0 Å². The van der Waals surface area contributed by atoms with Crippen LogP contribution in [0.15, 0.2) is 48.5 Å². The zero-order valence-electron chi connectivity index (χ0n) is 19.6. The summed E-state index contributed by atoms with van der Waals surface area (Å²) in [6.45, 7) is 2.99. The first-order valence-corrected chi connectivity index (χ1v) is 11.0. The number of hydroxylamine groups is 1. The third-order valence-corrected chi connectivity index (χ3v) is 5.31. The summed E-state index contributed by atoms with van der Waals surface area (Å²) in [5, 5.41) is 10.2. The third-order valence-electron chi connectivity index (χ3n) is 5.31. The van der Waals surface area contributed by atoms with Gasteiger partial charge in [0.05, 0.1) is 30.0 Å². The van der Waals surface area contributed by atoms with Crippen LogP contribution in [0, 0.1) is 0 Å². The van der Waals surface area contributed by atoms with Gasteiger partial charge in [-0.15, -0.1) is 0 Å². The SMILES string of the molecule is CCOC(=O)Oc1c2cccc(N(O)C=O)cc-2c(OC(=O)OCC)c1N1C(=O)c2ccccc2C1=O. The molecule has 37 heavy (non-hydrogen) atoms. The topological polar surface area (TPSA) is 149 Å². The number of amides is 3. The van der Waals surface area contributed by atoms with Crippen LogP contribution < -0.4 is 19.4 Å². The van der Waals surface area contributed by atoms with Crippen LogP contribution >= 0.6 is 0 Å². The maximum Gasteiger partial charge on any atom is 0.513 e. The molecular weight excluding hydrogens is 488 g/mol. The first-order valence-electron chi connectivity index (χ1n) is 11.0. The number of imide groups is 1. The Balaban J connectivity index is 2.03. The molecule has 0 aromatic heterocycles. The number of nitrogens with zero attached hydrogens (tertiary/aromatic N) is 2. The van der Waals surface area contributed by atoms with Crippen molar-refractivity contribution in [1.82, 2.24) is 0 Å². The molecule has 2 aliphatic carbocycles. The number of rotatable bonds is 7. The van der Waals surface area contributed by atoms with Crippen LogP contribution in [0.25, 0.3) is 11.1 Å². The second-order valence-corrected chi connectivity index (χ2v) is 7.44. The summed E-state index contributed by atoms with van der Waals surface area (Å²) >= 11 is 0. The zero-order valence-corrected chi connectivity index (χ0v) is 19.6. The first kappa shape index (κ1) is 25.1. The van der Waals surface area contributed by atoms with Crippen LogP contribution in [0.5, 0.6) is 11.5 Å². The molecular formula is C25H20N2O10. The van der Waals surface area contributed by atoms with E-state index in [2.05, 4.69) is 0 Å². The molecule has 1 heterocycles. The van der Waals surface area contributed by atoms with Crippen LogP contribution in [-0.2, 0) is 14.3 Å². The summed E-state index contributed by atoms with van der Waals surface area (Å²) < 4.78 is 20.6. The molecule has 1 aliphatic heterocycles. The highest BCUT2D eigenvalue weighted by Crippen LogP contribution is 2.55. The van der Waals surface area contributed by atoms with E-state index >= 15 is 0 Å². The lowest BCUT2D eigenvalue weighted by Gasteiger charge is -2.17. The largest absolute Gasteiger partial charge is 0.513 e. The van der Waals surface area contributed by atoms with Crippen LogP contribution in [0.1, 0.15) is 34.6 Å². The van der Waals surface area contributed by atoms with Crippen LogP contribution in [-0.4, -0.2) is 49.0 Å². The van der Waals surface area contributed by atoms with Gasteiger partial charge >= 0.3 is 12.3 Å². The van der Waals surface area contributed by atoms with E-state index in [1.807, 2.05) is 0 Å². The molecule has 0 spiro atoms. The maximum absolute atomic E-state index is 13.4. The Kier molecular flexibility index (Phi) is 7.02. The van der Waals surface area contributed by atoms with Crippen molar-refractivity contribution in [2.45, 2.75) is 13.8 Å². The monoisotopic (exact) mass is 508 g/mol. The van der Waals surface area contributed by atoms with Crippen molar-refractivity contribution in [2.75, 3.05) is 23.2 Å². The van der Waals surface area contributed by atoms with E-state index in [1.165, 1.54) is 43.3 Å². The Morgan fingerprint density at radius 2 is 1.35 bits per heavy atom. The van der Waals surface area contributed by atoms with Gasteiger partial charge in [-0.05, 0) is 38.1 Å². The van der Waals surface area contributed by atoms with E-state index in [4.69, 9.17) is 18.9 Å². The number of fused-ring (bicyclic) bond motifs is 2. The number of benzene rings is 1. The number of anilines is 2. The molecule has 0 fully saturated rings. The van der Waals surface area contributed by atoms with Crippen molar-refractivity contribution in [2.24, 2.45) is 0 Å². The minimum absolute atomic E-state index is 0.000178. The van der Waals surface area contributed by atoms with Gasteiger partial charge in [0.2, 0.25) is 6.41 Å². The van der Waals surface area contributed by atoms with Gasteiger partial charge < -0.3 is 18.9 Å². The van der Waals surface area contributed by atoms with Crippen molar-refractivity contribution in [3.8, 4) is 22.6 Å². The van der Waals surface area contributed by atoms with Crippen LogP contribution in [0.4, 0.5) is 21.0 Å². The molecule has 1 aromatic rings. The van der Waals surface area contributed by atoms with E-state index in [1.54, 1.807) is 19.1 Å². The smallest absolute Gasteiger partial charge is 0.434 e. The summed E-state index contributed by atoms with van der Waals surface area (Å²) in [5.41, 5.74) is -0.189. The lowest BCUT2D eigenvalue weighted by Crippen LogP contribution is -2.30. The molecule has 0 unspecified atom stereocenters. The van der Waals surface area contributed by atoms with Crippen molar-refractivity contribution in [1.29, 1.82) is 0 Å². The normalized spacial score (nSPS) is 12.2. The lowest BCUT2D eigenvalue weighted by atomic mass is 10.1. The van der Waals surface area contributed by atoms with E-state index in [9.17, 15) is 29.2 Å². The fourth-order valence-electron chi connectivity index (χ4n) is 3.82. The van der Waals surface area contributed by atoms with Gasteiger partial charge in [-0.25, -0.2) is 14.5 Å². The molecule has 0 atom stereocenters. The fourth-order valence-corrected chi connectivity index (χ4v) is 3.82. The molecule has 0 saturated carbocycles. The highest BCUT2D eigenvalue weighted by Gasteiger charge is 2.43.